The minimum atomic E-state index is -1.32. The Morgan fingerprint density at radius 2 is 2.00 bits per heavy atom. The number of benzene rings is 1. The average molecular weight is 394 g/mol. The lowest BCUT2D eigenvalue weighted by Crippen LogP contribution is -2.57. The number of aromatic nitrogens is 1. The van der Waals surface area contributed by atoms with Gasteiger partial charge in [0.15, 0.2) is 0 Å². The molecule has 0 radical (unpaired) electrons. The fourth-order valence-electron chi connectivity index (χ4n) is 2.79. The average Bonchev–Trinajstić information content (AvgIpc) is 3.03. The molecular weight excluding hydrogens is 375 g/mol. The smallest absolute Gasteiger partial charge is 0.329 e. The first-order chi connectivity index (χ1) is 12.9. The van der Waals surface area contributed by atoms with Crippen LogP contribution in [0.1, 0.15) is 33.2 Å². The lowest BCUT2D eigenvalue weighted by molar-refractivity contribution is -0.148. The van der Waals surface area contributed by atoms with Gasteiger partial charge in [0.1, 0.15) is 33.6 Å². The summed E-state index contributed by atoms with van der Waals surface area (Å²) in [6, 6.07) is 5.59. The highest BCUT2D eigenvalue weighted by atomic mass is 32.1. The summed E-state index contributed by atoms with van der Waals surface area (Å²) in [5, 5.41) is 12.8. The Labute approximate surface area is 159 Å². The van der Waals surface area contributed by atoms with Gasteiger partial charge in [-0.05, 0) is 31.2 Å². The molecule has 1 fully saturated rings. The predicted molar refractivity (Wildman–Crippen MR) is 95.5 cm³/mol. The van der Waals surface area contributed by atoms with Gasteiger partial charge < -0.3 is 19.9 Å². The molecule has 0 spiro atoms. The summed E-state index contributed by atoms with van der Waals surface area (Å²) < 4.78 is 23.7. The van der Waals surface area contributed by atoms with Crippen LogP contribution < -0.4 is 10.1 Å². The number of nitrogens with zero attached hydrogens (tertiary/aromatic N) is 1. The van der Waals surface area contributed by atoms with Gasteiger partial charge in [0.25, 0.3) is 5.91 Å². The molecular formula is C18H19FN2O5S. The molecule has 0 saturated carbocycles. The first-order valence-electron chi connectivity index (χ1n) is 8.38. The molecule has 2 heterocycles. The number of carboxylic acids is 1. The zero-order chi connectivity index (χ0) is 19.4. The first-order valence-corrected chi connectivity index (χ1v) is 9.19. The van der Waals surface area contributed by atoms with Gasteiger partial charge >= 0.3 is 5.97 Å². The van der Waals surface area contributed by atoms with Gasteiger partial charge in [0.05, 0.1) is 5.69 Å². The molecule has 1 amide bonds. The molecule has 1 aromatic heterocycles. The van der Waals surface area contributed by atoms with Crippen LogP contribution in [0.15, 0.2) is 24.3 Å². The SMILES string of the molecule is Cc1nc(COc2ccc(F)cc2)sc1C(=O)NC1(C(=O)O)CCOCC1. The molecule has 144 valence electrons. The van der Waals surface area contributed by atoms with Gasteiger partial charge in [0.2, 0.25) is 0 Å². The second kappa shape index (κ2) is 8.01. The van der Waals surface area contributed by atoms with E-state index in [-0.39, 0.29) is 38.5 Å². The molecule has 1 saturated heterocycles. The molecule has 3 rings (SSSR count). The Bertz CT molecular complexity index is 831. The third kappa shape index (κ3) is 4.42. The quantitative estimate of drug-likeness (QED) is 0.781. The number of halogens is 1. The summed E-state index contributed by atoms with van der Waals surface area (Å²) in [5.74, 6) is -1.40. The fourth-order valence-corrected chi connectivity index (χ4v) is 3.66. The molecule has 2 N–H and O–H groups in total. The molecule has 0 unspecified atom stereocenters. The van der Waals surface area contributed by atoms with Crippen LogP contribution in [0.3, 0.4) is 0 Å². The van der Waals surface area contributed by atoms with E-state index >= 15 is 0 Å². The Morgan fingerprint density at radius 1 is 1.33 bits per heavy atom. The summed E-state index contributed by atoms with van der Waals surface area (Å²) in [6.07, 6.45) is 0.429. The van der Waals surface area contributed by atoms with E-state index in [4.69, 9.17) is 9.47 Å². The number of amides is 1. The zero-order valence-corrected chi connectivity index (χ0v) is 15.5. The lowest BCUT2D eigenvalue weighted by atomic mass is 9.90. The summed E-state index contributed by atoms with van der Waals surface area (Å²) in [7, 11) is 0. The van der Waals surface area contributed by atoms with Crippen molar-refractivity contribution < 1.29 is 28.6 Å². The van der Waals surface area contributed by atoms with Crippen LogP contribution in [0, 0.1) is 12.7 Å². The van der Waals surface area contributed by atoms with Crippen molar-refractivity contribution in [2.75, 3.05) is 13.2 Å². The van der Waals surface area contributed by atoms with Gasteiger partial charge in [-0.1, -0.05) is 0 Å². The topological polar surface area (TPSA) is 97.8 Å². The second-order valence-electron chi connectivity index (χ2n) is 6.22. The van der Waals surface area contributed by atoms with Crippen molar-refractivity contribution in [2.45, 2.75) is 31.9 Å². The lowest BCUT2D eigenvalue weighted by Gasteiger charge is -2.33. The van der Waals surface area contributed by atoms with E-state index in [1.165, 1.54) is 24.3 Å². The molecule has 2 aromatic rings. The summed E-state index contributed by atoms with van der Waals surface area (Å²) in [5.41, 5.74) is -0.820. The minimum absolute atomic E-state index is 0.127. The van der Waals surface area contributed by atoms with Crippen molar-refractivity contribution in [2.24, 2.45) is 0 Å². The molecule has 27 heavy (non-hydrogen) atoms. The third-order valence-electron chi connectivity index (χ3n) is 4.33. The van der Waals surface area contributed by atoms with Crippen LogP contribution in [0.25, 0.3) is 0 Å². The molecule has 0 aliphatic carbocycles. The third-order valence-corrected chi connectivity index (χ3v) is 5.46. The number of carboxylic acid groups (broad SMARTS) is 1. The maximum atomic E-state index is 12.9. The van der Waals surface area contributed by atoms with Crippen molar-refractivity contribution in [3.63, 3.8) is 0 Å². The van der Waals surface area contributed by atoms with Crippen molar-refractivity contribution in [3.05, 3.63) is 45.7 Å². The Morgan fingerprint density at radius 3 is 2.63 bits per heavy atom. The number of hydrogen-bond donors (Lipinski definition) is 2. The number of aryl methyl sites for hydroxylation is 1. The second-order valence-corrected chi connectivity index (χ2v) is 7.30. The fraction of sp³-hybridized carbons (Fsp3) is 0.389. The number of ether oxygens (including phenoxy) is 2. The van der Waals surface area contributed by atoms with Crippen molar-refractivity contribution in [3.8, 4) is 5.75 Å². The van der Waals surface area contributed by atoms with Crippen molar-refractivity contribution in [1.82, 2.24) is 10.3 Å². The summed E-state index contributed by atoms with van der Waals surface area (Å²) >= 11 is 1.14. The van der Waals surface area contributed by atoms with Crippen LogP contribution in [0.5, 0.6) is 5.75 Å². The van der Waals surface area contributed by atoms with Crippen LogP contribution in [-0.2, 0) is 16.1 Å². The highest BCUT2D eigenvalue weighted by molar-refractivity contribution is 7.13. The number of thiazole rings is 1. The van der Waals surface area contributed by atoms with Gasteiger partial charge in [-0.2, -0.15) is 0 Å². The molecule has 1 aromatic carbocycles. The van der Waals surface area contributed by atoms with Crippen molar-refractivity contribution in [1.29, 1.82) is 0 Å². The van der Waals surface area contributed by atoms with E-state index in [1.54, 1.807) is 6.92 Å². The van der Waals surface area contributed by atoms with E-state index in [9.17, 15) is 19.1 Å². The van der Waals surface area contributed by atoms with Gasteiger partial charge in [-0.15, -0.1) is 11.3 Å². The number of nitrogens with one attached hydrogen (secondary N) is 1. The van der Waals surface area contributed by atoms with E-state index < -0.39 is 17.4 Å². The number of hydrogen-bond acceptors (Lipinski definition) is 6. The zero-order valence-electron chi connectivity index (χ0n) is 14.7. The standard InChI is InChI=1S/C18H19FN2O5S/c1-11-15(16(22)21-18(17(23)24)6-8-25-9-7-18)27-14(20-11)10-26-13-4-2-12(19)3-5-13/h2-5H,6-10H2,1H3,(H,21,22)(H,23,24). The van der Waals surface area contributed by atoms with E-state index in [0.29, 0.717) is 21.3 Å². The van der Waals surface area contributed by atoms with Crippen LogP contribution in [0.4, 0.5) is 4.39 Å². The summed E-state index contributed by atoms with van der Waals surface area (Å²) in [4.78, 5) is 29.0. The van der Waals surface area contributed by atoms with Gasteiger partial charge in [-0.3, -0.25) is 4.79 Å². The minimum Gasteiger partial charge on any atom is -0.486 e. The molecule has 0 bridgehead atoms. The van der Waals surface area contributed by atoms with Crippen molar-refractivity contribution >= 4 is 23.2 Å². The molecule has 1 aliphatic heterocycles. The number of carbonyl (C=O) groups excluding carboxylic acids is 1. The number of carbonyl (C=O) groups is 2. The monoisotopic (exact) mass is 394 g/mol. The van der Waals surface area contributed by atoms with Crippen LogP contribution >= 0.6 is 11.3 Å². The first kappa shape index (κ1) is 19.2. The highest BCUT2D eigenvalue weighted by Gasteiger charge is 2.42. The van der Waals surface area contributed by atoms with E-state index in [2.05, 4.69) is 10.3 Å². The van der Waals surface area contributed by atoms with Crippen LogP contribution in [0.2, 0.25) is 0 Å². The largest absolute Gasteiger partial charge is 0.486 e. The molecule has 9 heteroatoms. The van der Waals surface area contributed by atoms with Crippen LogP contribution in [-0.4, -0.2) is 40.7 Å². The Hall–Kier alpha value is -2.52. The predicted octanol–water partition coefficient (Wildman–Crippen LogP) is 2.53. The number of rotatable bonds is 6. The maximum absolute atomic E-state index is 12.9. The van der Waals surface area contributed by atoms with E-state index in [0.717, 1.165) is 11.3 Å². The Kier molecular flexibility index (Phi) is 5.71. The Balaban J connectivity index is 1.68. The summed E-state index contributed by atoms with van der Waals surface area (Å²) in [6.45, 7) is 2.38. The maximum Gasteiger partial charge on any atom is 0.329 e. The van der Waals surface area contributed by atoms with Gasteiger partial charge in [-0.25, -0.2) is 14.2 Å². The molecule has 7 nitrogen and oxygen atoms in total. The highest BCUT2D eigenvalue weighted by Crippen LogP contribution is 2.25. The number of aliphatic carboxylic acids is 1. The van der Waals surface area contributed by atoms with Gasteiger partial charge in [0, 0.05) is 26.1 Å². The molecule has 1 aliphatic rings. The normalized spacial score (nSPS) is 15.9. The van der Waals surface area contributed by atoms with E-state index in [1.807, 2.05) is 0 Å². The molecule has 0 atom stereocenters.